The predicted molar refractivity (Wildman–Crippen MR) is 90.8 cm³/mol. The largest absolute Gasteiger partial charge is 0.504 e. The van der Waals surface area contributed by atoms with Crippen molar-refractivity contribution in [2.24, 2.45) is 5.41 Å². The second kappa shape index (κ2) is 6.69. The Labute approximate surface area is 145 Å². The van der Waals surface area contributed by atoms with Gasteiger partial charge in [-0.1, -0.05) is 0 Å². The van der Waals surface area contributed by atoms with Gasteiger partial charge in [0.1, 0.15) is 6.61 Å². The van der Waals surface area contributed by atoms with Crippen molar-refractivity contribution in [1.82, 2.24) is 0 Å². The number of phenols is 2. The molecule has 2 radical (unpaired) electrons. The van der Waals surface area contributed by atoms with E-state index in [1.807, 2.05) is 0 Å². The molecule has 0 saturated heterocycles. The van der Waals surface area contributed by atoms with Crippen LogP contribution in [0.25, 0.3) is 10.8 Å². The first-order valence-corrected chi connectivity index (χ1v) is 8.24. The number of nitrogens with zero attached hydrogens (tertiary/aromatic N) is 1. The van der Waals surface area contributed by atoms with Crippen LogP contribution in [0.3, 0.4) is 0 Å². The van der Waals surface area contributed by atoms with Crippen LogP contribution in [0.4, 0.5) is 5.69 Å². The summed E-state index contributed by atoms with van der Waals surface area (Å²) in [5.74, 6) is -1.57. The molecule has 0 bridgehead atoms. The number of ether oxygens (including phenoxy) is 1. The molecule has 8 nitrogen and oxygen atoms in total. The lowest BCUT2D eigenvalue weighted by molar-refractivity contribution is -0.385. The van der Waals surface area contributed by atoms with Gasteiger partial charge in [-0.3, -0.25) is 14.9 Å². The minimum atomic E-state index is -0.762. The number of hydrogen-bond acceptors (Lipinski definition) is 7. The van der Waals surface area contributed by atoms with Gasteiger partial charge in [0.15, 0.2) is 11.5 Å². The second-order valence-corrected chi connectivity index (χ2v) is 7.28. The Kier molecular flexibility index (Phi) is 5.00. The minimum Gasteiger partial charge on any atom is -0.504 e. The van der Waals surface area contributed by atoms with Crippen LogP contribution >= 0.6 is 0 Å². The Bertz CT molecular complexity index is 858. The molecule has 0 unspecified atom stereocenters. The lowest BCUT2D eigenvalue weighted by Gasteiger charge is -2.17. The van der Waals surface area contributed by atoms with E-state index in [1.54, 1.807) is 20.8 Å². The zero-order valence-electron chi connectivity index (χ0n) is 13.9. The molecule has 132 valence electrons. The molecule has 0 spiro atoms. The zero-order valence-corrected chi connectivity index (χ0v) is 14.9. The molecular weight excluding hydrogens is 346 g/mol. The fourth-order valence-corrected chi connectivity index (χ4v) is 2.63. The first-order chi connectivity index (χ1) is 11.6. The van der Waals surface area contributed by atoms with Crippen LogP contribution in [-0.2, 0) is 16.1 Å². The highest BCUT2D eigenvalue weighted by Gasteiger charge is 2.25. The molecule has 0 atom stereocenters. The summed E-state index contributed by atoms with van der Waals surface area (Å²) in [6.45, 7) is 4.69. The number of nitro benzene ring substituents is 1. The third-order valence-electron chi connectivity index (χ3n) is 3.57. The van der Waals surface area contributed by atoms with Gasteiger partial charge in [0.2, 0.25) is 0 Å². The Morgan fingerprint density at radius 3 is 2.40 bits per heavy atom. The summed E-state index contributed by atoms with van der Waals surface area (Å²) in [4.78, 5) is 31.8. The van der Waals surface area contributed by atoms with Gasteiger partial charge in [-0.25, -0.2) is 0 Å². The maximum absolute atomic E-state index is 11.9. The smallest absolute Gasteiger partial charge is 0.311 e. The highest BCUT2D eigenvalue weighted by Crippen LogP contribution is 2.36. The van der Waals surface area contributed by atoms with Crippen LogP contribution in [0.2, 0.25) is 0 Å². The van der Waals surface area contributed by atoms with Gasteiger partial charge >= 0.3 is 5.97 Å². The van der Waals surface area contributed by atoms with E-state index in [9.17, 15) is 29.9 Å². The van der Waals surface area contributed by atoms with Gasteiger partial charge in [-0.05, 0) is 38.3 Å². The fourth-order valence-electron chi connectivity index (χ4n) is 2.19. The van der Waals surface area contributed by atoms with Gasteiger partial charge in [-0.15, -0.1) is 0 Å². The van der Waals surface area contributed by atoms with Gasteiger partial charge in [0.05, 0.1) is 15.9 Å². The number of nitro groups is 1. The summed E-state index contributed by atoms with van der Waals surface area (Å²) in [5, 5.41) is 31.7. The summed E-state index contributed by atoms with van der Waals surface area (Å²) < 4.78 is 5.14. The molecule has 2 aromatic carbocycles. The molecule has 0 amide bonds. The molecule has 0 aliphatic carbocycles. The van der Waals surface area contributed by atoms with Gasteiger partial charge in [0.25, 0.3) is 15.5 Å². The van der Waals surface area contributed by atoms with Gasteiger partial charge in [0, 0.05) is 16.6 Å². The second-order valence-electron chi connectivity index (χ2n) is 6.52. The summed E-state index contributed by atoms with van der Waals surface area (Å²) >= 11 is 0. The predicted octanol–water partition coefficient (Wildman–Crippen LogP) is 1.49. The molecule has 3 N–H and O–H groups in total. The molecule has 0 aliphatic rings. The molecule has 0 saturated carbocycles. The van der Waals surface area contributed by atoms with E-state index in [0.717, 1.165) is 6.07 Å². The van der Waals surface area contributed by atoms with E-state index in [2.05, 4.69) is 0 Å². The third-order valence-corrected chi connectivity index (χ3v) is 4.20. The summed E-state index contributed by atoms with van der Waals surface area (Å²) in [6, 6.07) is 3.92. The number of phenolic OH excluding ortho intramolecular Hbond substituents is 2. The van der Waals surface area contributed by atoms with Crippen molar-refractivity contribution in [1.29, 1.82) is 0 Å². The lowest BCUT2D eigenvalue weighted by atomic mass is 9.97. The van der Waals surface area contributed by atoms with Crippen LogP contribution in [0.5, 0.6) is 11.5 Å². The fraction of sp³-hybridized carbons (Fsp3) is 0.312. The quantitative estimate of drug-likeness (QED) is 0.247. The number of rotatable bonds is 4. The lowest BCUT2D eigenvalue weighted by Crippen LogP contribution is -2.22. The molecule has 2 aromatic rings. The Morgan fingerprint density at radius 1 is 1.24 bits per heavy atom. The van der Waals surface area contributed by atoms with E-state index < -0.39 is 37.6 Å². The first kappa shape index (κ1) is 18.7. The molecule has 25 heavy (non-hydrogen) atoms. The van der Waals surface area contributed by atoms with Crippen molar-refractivity contribution < 1.29 is 29.5 Å². The van der Waals surface area contributed by atoms with Crippen molar-refractivity contribution in [2.45, 2.75) is 27.4 Å². The Hall–Kier alpha value is -2.65. The van der Waals surface area contributed by atoms with Crippen molar-refractivity contribution >= 4 is 37.4 Å². The van der Waals surface area contributed by atoms with Crippen molar-refractivity contribution in [2.75, 3.05) is 0 Å². The summed E-state index contributed by atoms with van der Waals surface area (Å²) in [7, 11) is -0.762. The molecular formula is C16H17NO7Si. The minimum absolute atomic E-state index is 0.0668. The monoisotopic (exact) mass is 363 g/mol. The van der Waals surface area contributed by atoms with Crippen LogP contribution in [0, 0.1) is 15.5 Å². The number of esters is 1. The van der Waals surface area contributed by atoms with E-state index in [4.69, 9.17) is 4.74 Å². The average Bonchev–Trinajstić information content (AvgIpc) is 2.54. The molecule has 2 rings (SSSR count). The molecule has 9 heteroatoms. The van der Waals surface area contributed by atoms with E-state index in [0.29, 0.717) is 5.39 Å². The average molecular weight is 363 g/mol. The highest BCUT2D eigenvalue weighted by atomic mass is 28.2. The van der Waals surface area contributed by atoms with Crippen LogP contribution in [0.15, 0.2) is 18.2 Å². The van der Waals surface area contributed by atoms with Crippen molar-refractivity contribution in [3.8, 4) is 11.5 Å². The van der Waals surface area contributed by atoms with E-state index in [1.165, 1.54) is 12.1 Å². The zero-order chi connectivity index (χ0) is 18.9. The first-order valence-electron chi connectivity index (χ1n) is 7.29. The van der Waals surface area contributed by atoms with Crippen LogP contribution in [0.1, 0.15) is 26.3 Å². The maximum Gasteiger partial charge on any atom is 0.311 e. The molecule has 0 aliphatic heterocycles. The standard InChI is InChI=1S/C16H17NO7Si/c1-16(2,3)15(20)24-7-9-4-8-5-12(25-23)14(19)13(18)10(8)6-11(9)17(21)22/h4-6,18-19,23H,7H2,1-3H3. The normalized spacial score (nSPS) is 11.5. The van der Waals surface area contributed by atoms with Gasteiger partial charge < -0.3 is 19.7 Å². The molecule has 0 heterocycles. The Balaban J connectivity index is 2.55. The maximum atomic E-state index is 11.9. The SMILES string of the molecule is CC(C)(C)C(=O)OCc1cc2cc([Si]O)c(O)c(O)c2cc1[N+](=O)[O-]. The summed E-state index contributed by atoms with van der Waals surface area (Å²) in [6.07, 6.45) is 0. The number of benzene rings is 2. The Morgan fingerprint density at radius 2 is 1.88 bits per heavy atom. The molecule has 0 fully saturated rings. The number of hydrogen-bond donors (Lipinski definition) is 3. The van der Waals surface area contributed by atoms with Crippen molar-refractivity contribution in [3.05, 3.63) is 33.9 Å². The third kappa shape index (κ3) is 3.72. The van der Waals surface area contributed by atoms with Gasteiger partial charge in [-0.2, -0.15) is 0 Å². The number of aromatic hydroxyl groups is 2. The highest BCUT2D eigenvalue weighted by molar-refractivity contribution is 6.47. The van der Waals surface area contributed by atoms with E-state index >= 15 is 0 Å². The summed E-state index contributed by atoms with van der Waals surface area (Å²) in [5.41, 5.74) is -0.948. The van der Waals surface area contributed by atoms with Crippen molar-refractivity contribution in [3.63, 3.8) is 0 Å². The van der Waals surface area contributed by atoms with Crippen LogP contribution in [-0.4, -0.2) is 35.7 Å². The van der Waals surface area contributed by atoms with E-state index in [-0.39, 0.29) is 28.4 Å². The molecule has 0 aromatic heterocycles. The topological polar surface area (TPSA) is 130 Å². The van der Waals surface area contributed by atoms with Crippen LogP contribution < -0.4 is 5.19 Å². The number of fused-ring (bicyclic) bond motifs is 1. The number of carbonyl (C=O) groups excluding carboxylic acids is 1. The number of carbonyl (C=O) groups is 1.